The Balaban J connectivity index is 2.24. The second-order valence-electron chi connectivity index (χ2n) is 5.07. The molecule has 0 radical (unpaired) electrons. The van der Waals surface area contributed by atoms with E-state index >= 15 is 0 Å². The first kappa shape index (κ1) is 14.2. The van der Waals surface area contributed by atoms with Crippen LogP contribution in [-0.4, -0.2) is 53.7 Å². The summed E-state index contributed by atoms with van der Waals surface area (Å²) in [5, 5.41) is 0. The molecule has 0 unspecified atom stereocenters. The Morgan fingerprint density at radius 1 is 1.06 bits per heavy atom. The Labute approximate surface area is 104 Å². The van der Waals surface area contributed by atoms with E-state index in [2.05, 4.69) is 18.7 Å². The van der Waals surface area contributed by atoms with Gasteiger partial charge in [-0.2, -0.15) is 0 Å². The van der Waals surface area contributed by atoms with Crippen molar-refractivity contribution in [2.24, 2.45) is 0 Å². The standard InChI is InChI=1S/C13H24N2O2/c1-11(2)14-7-9-15(10-8-14)13(17)6-4-5-12(3)16/h11H,4-10H2,1-3H3. The molecule has 1 fully saturated rings. The number of amides is 1. The zero-order valence-electron chi connectivity index (χ0n) is 11.2. The Bertz CT molecular complexity index is 269. The SMILES string of the molecule is CC(=O)CCCC(=O)N1CCN(C(C)C)CC1. The molecule has 1 saturated heterocycles. The van der Waals surface area contributed by atoms with Gasteiger partial charge >= 0.3 is 0 Å². The molecular formula is C13H24N2O2. The summed E-state index contributed by atoms with van der Waals surface area (Å²) in [5.74, 6) is 0.372. The molecule has 0 aliphatic carbocycles. The molecule has 0 aromatic heterocycles. The van der Waals surface area contributed by atoms with Gasteiger partial charge in [-0.15, -0.1) is 0 Å². The third kappa shape index (κ3) is 4.86. The normalized spacial score (nSPS) is 17.5. The number of rotatable bonds is 5. The van der Waals surface area contributed by atoms with Gasteiger partial charge in [0.15, 0.2) is 0 Å². The zero-order valence-corrected chi connectivity index (χ0v) is 11.2. The smallest absolute Gasteiger partial charge is 0.222 e. The molecule has 0 aromatic carbocycles. The molecule has 4 nitrogen and oxygen atoms in total. The molecule has 1 rings (SSSR count). The van der Waals surface area contributed by atoms with Crippen LogP contribution in [0.3, 0.4) is 0 Å². The molecule has 1 amide bonds. The largest absolute Gasteiger partial charge is 0.340 e. The van der Waals surface area contributed by atoms with E-state index in [9.17, 15) is 9.59 Å². The van der Waals surface area contributed by atoms with Gasteiger partial charge in [0, 0.05) is 45.1 Å². The van der Waals surface area contributed by atoms with Crippen LogP contribution in [0.2, 0.25) is 0 Å². The fourth-order valence-electron chi connectivity index (χ4n) is 2.13. The number of hydrogen-bond donors (Lipinski definition) is 0. The average Bonchev–Trinajstić information content (AvgIpc) is 2.28. The molecule has 0 aromatic rings. The van der Waals surface area contributed by atoms with Crippen LogP contribution in [0.5, 0.6) is 0 Å². The topological polar surface area (TPSA) is 40.6 Å². The summed E-state index contributed by atoms with van der Waals surface area (Å²) in [6.45, 7) is 9.54. The van der Waals surface area contributed by atoms with Crippen LogP contribution >= 0.6 is 0 Å². The van der Waals surface area contributed by atoms with Gasteiger partial charge in [0.05, 0.1) is 0 Å². The Kier molecular flexibility index (Phi) is 5.62. The maximum Gasteiger partial charge on any atom is 0.222 e. The monoisotopic (exact) mass is 240 g/mol. The number of ketones is 1. The highest BCUT2D eigenvalue weighted by Gasteiger charge is 2.21. The van der Waals surface area contributed by atoms with E-state index in [0.717, 1.165) is 26.2 Å². The van der Waals surface area contributed by atoms with Gasteiger partial charge in [0.1, 0.15) is 5.78 Å². The van der Waals surface area contributed by atoms with Crippen LogP contribution < -0.4 is 0 Å². The summed E-state index contributed by atoms with van der Waals surface area (Å²) in [4.78, 5) is 27.0. The summed E-state index contributed by atoms with van der Waals surface area (Å²) in [7, 11) is 0. The number of nitrogens with zero attached hydrogens (tertiary/aromatic N) is 2. The van der Waals surface area contributed by atoms with Crippen molar-refractivity contribution in [3.63, 3.8) is 0 Å². The first-order valence-electron chi connectivity index (χ1n) is 6.52. The van der Waals surface area contributed by atoms with Crippen LogP contribution in [0, 0.1) is 0 Å². The van der Waals surface area contributed by atoms with Crippen molar-refractivity contribution in [1.82, 2.24) is 9.80 Å². The summed E-state index contributed by atoms with van der Waals surface area (Å²) < 4.78 is 0. The number of carbonyl (C=O) groups is 2. The third-order valence-electron chi connectivity index (χ3n) is 3.32. The first-order chi connectivity index (χ1) is 8.00. The second kappa shape index (κ2) is 6.74. The summed E-state index contributed by atoms with van der Waals surface area (Å²) in [6, 6.07) is 0.560. The van der Waals surface area contributed by atoms with Crippen LogP contribution in [0.4, 0.5) is 0 Å². The van der Waals surface area contributed by atoms with Crippen LogP contribution in [0.1, 0.15) is 40.0 Å². The van der Waals surface area contributed by atoms with Gasteiger partial charge in [0.2, 0.25) is 5.91 Å². The van der Waals surface area contributed by atoms with Crippen molar-refractivity contribution in [1.29, 1.82) is 0 Å². The van der Waals surface area contributed by atoms with Gasteiger partial charge in [0.25, 0.3) is 0 Å². The molecule has 0 spiro atoms. The Morgan fingerprint density at radius 3 is 2.12 bits per heavy atom. The van der Waals surface area contributed by atoms with E-state index in [0.29, 0.717) is 25.3 Å². The van der Waals surface area contributed by atoms with Crippen molar-refractivity contribution in [3.05, 3.63) is 0 Å². The van der Waals surface area contributed by atoms with E-state index in [1.54, 1.807) is 6.92 Å². The van der Waals surface area contributed by atoms with E-state index in [1.807, 2.05) is 4.90 Å². The minimum Gasteiger partial charge on any atom is -0.340 e. The lowest BCUT2D eigenvalue weighted by atomic mass is 10.1. The molecule has 1 aliphatic heterocycles. The highest BCUT2D eigenvalue weighted by Crippen LogP contribution is 2.08. The Morgan fingerprint density at radius 2 is 1.65 bits per heavy atom. The van der Waals surface area contributed by atoms with Crippen LogP contribution in [0.15, 0.2) is 0 Å². The molecular weight excluding hydrogens is 216 g/mol. The molecule has 4 heteroatoms. The van der Waals surface area contributed by atoms with Gasteiger partial charge in [-0.1, -0.05) is 0 Å². The number of hydrogen-bond acceptors (Lipinski definition) is 3. The second-order valence-corrected chi connectivity index (χ2v) is 5.07. The average molecular weight is 240 g/mol. The third-order valence-corrected chi connectivity index (χ3v) is 3.32. The molecule has 0 saturated carbocycles. The quantitative estimate of drug-likeness (QED) is 0.727. The lowest BCUT2D eigenvalue weighted by molar-refractivity contribution is -0.133. The van der Waals surface area contributed by atoms with Gasteiger partial charge < -0.3 is 9.69 Å². The number of carbonyl (C=O) groups excluding carboxylic acids is 2. The van der Waals surface area contributed by atoms with E-state index in [-0.39, 0.29) is 11.7 Å². The summed E-state index contributed by atoms with van der Waals surface area (Å²) in [5.41, 5.74) is 0. The van der Waals surface area contributed by atoms with E-state index < -0.39 is 0 Å². The molecule has 1 aliphatic rings. The molecule has 98 valence electrons. The minimum absolute atomic E-state index is 0.169. The maximum absolute atomic E-state index is 11.9. The predicted molar refractivity (Wildman–Crippen MR) is 67.8 cm³/mol. The lowest BCUT2D eigenvalue weighted by Gasteiger charge is -2.37. The molecule has 0 N–H and O–H groups in total. The molecule has 0 bridgehead atoms. The molecule has 0 atom stereocenters. The van der Waals surface area contributed by atoms with Crippen LogP contribution in [0.25, 0.3) is 0 Å². The fourth-order valence-corrected chi connectivity index (χ4v) is 2.13. The highest BCUT2D eigenvalue weighted by atomic mass is 16.2. The van der Waals surface area contributed by atoms with Crippen molar-refractivity contribution >= 4 is 11.7 Å². The zero-order chi connectivity index (χ0) is 12.8. The summed E-state index contributed by atoms with van der Waals surface area (Å²) in [6.07, 6.45) is 1.73. The highest BCUT2D eigenvalue weighted by molar-refractivity contribution is 5.78. The lowest BCUT2D eigenvalue weighted by Crippen LogP contribution is -2.50. The minimum atomic E-state index is 0.169. The summed E-state index contributed by atoms with van der Waals surface area (Å²) >= 11 is 0. The predicted octanol–water partition coefficient (Wildman–Crippen LogP) is 1.30. The molecule has 17 heavy (non-hydrogen) atoms. The van der Waals surface area contributed by atoms with Crippen molar-refractivity contribution < 1.29 is 9.59 Å². The number of piperazine rings is 1. The fraction of sp³-hybridized carbons (Fsp3) is 0.846. The van der Waals surface area contributed by atoms with Crippen molar-refractivity contribution in [2.45, 2.75) is 46.1 Å². The van der Waals surface area contributed by atoms with Crippen LogP contribution in [-0.2, 0) is 9.59 Å². The van der Waals surface area contributed by atoms with Gasteiger partial charge in [-0.3, -0.25) is 9.69 Å². The van der Waals surface area contributed by atoms with Crippen molar-refractivity contribution in [2.75, 3.05) is 26.2 Å². The maximum atomic E-state index is 11.9. The van der Waals surface area contributed by atoms with E-state index in [4.69, 9.17) is 0 Å². The first-order valence-corrected chi connectivity index (χ1v) is 6.52. The van der Waals surface area contributed by atoms with Gasteiger partial charge in [-0.05, 0) is 27.2 Å². The van der Waals surface area contributed by atoms with E-state index in [1.165, 1.54) is 0 Å². The number of Topliss-reactive ketones (excluding diaryl/α,β-unsaturated/α-hetero) is 1. The Hall–Kier alpha value is -0.900. The molecule has 1 heterocycles. The van der Waals surface area contributed by atoms with Gasteiger partial charge in [-0.25, -0.2) is 0 Å². The van der Waals surface area contributed by atoms with Crippen molar-refractivity contribution in [3.8, 4) is 0 Å².